The number of imidazole rings is 1. The number of piperidine rings is 1. The van der Waals surface area contributed by atoms with Gasteiger partial charge in [-0.15, -0.1) is 0 Å². The number of carbonyl (C=O) groups is 2. The topological polar surface area (TPSA) is 94.3 Å². The third kappa shape index (κ3) is 4.58. The molecule has 3 heterocycles. The zero-order valence-electron chi connectivity index (χ0n) is 21.0. The highest BCUT2D eigenvalue weighted by atomic mass is 16.5. The highest BCUT2D eigenvalue weighted by Gasteiger charge is 2.27. The monoisotopic (exact) mass is 488 g/mol. The van der Waals surface area contributed by atoms with Gasteiger partial charge in [0.15, 0.2) is 5.82 Å². The third-order valence-corrected chi connectivity index (χ3v) is 7.17. The SMILES string of the molecule is COCCNC(=O)c1ccc2nn(CC3CCN(C(=O)c4nc5ccccc5n4C)CC3)cc2c1C. The summed E-state index contributed by atoms with van der Waals surface area (Å²) in [6, 6.07) is 11.6. The van der Waals surface area contributed by atoms with Gasteiger partial charge in [-0.2, -0.15) is 5.10 Å². The predicted molar refractivity (Wildman–Crippen MR) is 138 cm³/mol. The molecule has 0 saturated carbocycles. The maximum absolute atomic E-state index is 13.2. The minimum Gasteiger partial charge on any atom is -0.383 e. The maximum Gasteiger partial charge on any atom is 0.289 e. The molecule has 188 valence electrons. The molecule has 5 rings (SSSR count). The van der Waals surface area contributed by atoms with Crippen LogP contribution in [0.2, 0.25) is 0 Å². The van der Waals surface area contributed by atoms with Gasteiger partial charge in [0, 0.05) is 57.5 Å². The highest BCUT2D eigenvalue weighted by Crippen LogP contribution is 2.25. The summed E-state index contributed by atoms with van der Waals surface area (Å²) in [5, 5.41) is 8.63. The van der Waals surface area contributed by atoms with Crippen LogP contribution in [0.15, 0.2) is 42.6 Å². The number of carbonyl (C=O) groups excluding carboxylic acids is 2. The molecule has 0 aliphatic carbocycles. The molecule has 2 amide bonds. The van der Waals surface area contributed by atoms with E-state index in [9.17, 15) is 9.59 Å². The van der Waals surface area contributed by atoms with Gasteiger partial charge in [-0.3, -0.25) is 14.3 Å². The molecule has 0 spiro atoms. The van der Waals surface area contributed by atoms with Crippen LogP contribution in [0.4, 0.5) is 0 Å². The van der Waals surface area contributed by atoms with Crippen LogP contribution in [0.5, 0.6) is 0 Å². The summed E-state index contributed by atoms with van der Waals surface area (Å²) in [6.07, 6.45) is 3.86. The van der Waals surface area contributed by atoms with Crippen molar-refractivity contribution < 1.29 is 14.3 Å². The Bertz CT molecular complexity index is 1410. The van der Waals surface area contributed by atoms with Gasteiger partial charge in [-0.25, -0.2) is 4.98 Å². The molecule has 0 unspecified atom stereocenters. The van der Waals surface area contributed by atoms with E-state index in [0.29, 0.717) is 43.5 Å². The number of nitrogens with zero attached hydrogens (tertiary/aromatic N) is 5. The normalized spacial score (nSPS) is 14.6. The summed E-state index contributed by atoms with van der Waals surface area (Å²) in [5.41, 5.74) is 4.28. The van der Waals surface area contributed by atoms with Gasteiger partial charge in [0.1, 0.15) is 0 Å². The lowest BCUT2D eigenvalue weighted by Crippen LogP contribution is -2.40. The second kappa shape index (κ2) is 10.1. The lowest BCUT2D eigenvalue weighted by Gasteiger charge is -2.31. The Balaban J connectivity index is 1.22. The molecule has 1 fully saturated rings. The third-order valence-electron chi connectivity index (χ3n) is 7.17. The van der Waals surface area contributed by atoms with Gasteiger partial charge in [0.25, 0.3) is 11.8 Å². The maximum atomic E-state index is 13.2. The van der Waals surface area contributed by atoms with Crippen molar-refractivity contribution in [1.29, 1.82) is 0 Å². The summed E-state index contributed by atoms with van der Waals surface area (Å²) in [7, 11) is 3.51. The lowest BCUT2D eigenvalue weighted by atomic mass is 9.97. The Morgan fingerprint density at radius 2 is 1.89 bits per heavy atom. The molecule has 2 aromatic heterocycles. The molecule has 1 N–H and O–H groups in total. The van der Waals surface area contributed by atoms with E-state index in [2.05, 4.69) is 10.3 Å². The molecular weight excluding hydrogens is 456 g/mol. The van der Waals surface area contributed by atoms with E-state index in [0.717, 1.165) is 46.9 Å². The molecule has 2 aromatic carbocycles. The average Bonchev–Trinajstić information content (AvgIpc) is 3.45. The second-order valence-corrected chi connectivity index (χ2v) is 9.49. The van der Waals surface area contributed by atoms with E-state index >= 15 is 0 Å². The predicted octanol–water partition coefficient (Wildman–Crippen LogP) is 3.16. The summed E-state index contributed by atoms with van der Waals surface area (Å²) in [5.74, 6) is 0.812. The van der Waals surface area contributed by atoms with Crippen molar-refractivity contribution in [1.82, 2.24) is 29.5 Å². The quantitative estimate of drug-likeness (QED) is 0.403. The zero-order chi connectivity index (χ0) is 25.2. The number of rotatable bonds is 7. The Morgan fingerprint density at radius 3 is 2.64 bits per heavy atom. The van der Waals surface area contributed by atoms with Crippen molar-refractivity contribution in [3.63, 3.8) is 0 Å². The van der Waals surface area contributed by atoms with Crippen molar-refractivity contribution in [2.75, 3.05) is 33.4 Å². The summed E-state index contributed by atoms with van der Waals surface area (Å²) in [6.45, 7) is 5.12. The summed E-state index contributed by atoms with van der Waals surface area (Å²) >= 11 is 0. The molecule has 4 aromatic rings. The first-order chi connectivity index (χ1) is 17.5. The minimum absolute atomic E-state index is 0.0103. The molecule has 1 aliphatic heterocycles. The number of hydrogen-bond donors (Lipinski definition) is 1. The van der Waals surface area contributed by atoms with Crippen molar-refractivity contribution in [3.05, 3.63) is 59.5 Å². The number of aryl methyl sites for hydroxylation is 2. The first-order valence-corrected chi connectivity index (χ1v) is 12.4. The van der Waals surface area contributed by atoms with Crippen LogP contribution >= 0.6 is 0 Å². The smallest absolute Gasteiger partial charge is 0.289 e. The Hall–Kier alpha value is -3.72. The van der Waals surface area contributed by atoms with Crippen LogP contribution in [-0.2, 0) is 18.3 Å². The number of methoxy groups -OCH3 is 1. The fourth-order valence-corrected chi connectivity index (χ4v) is 5.04. The number of hydrogen-bond acceptors (Lipinski definition) is 5. The van der Waals surface area contributed by atoms with Gasteiger partial charge in [-0.05, 0) is 55.5 Å². The first-order valence-electron chi connectivity index (χ1n) is 12.4. The highest BCUT2D eigenvalue weighted by molar-refractivity contribution is 6.00. The Labute approximate surface area is 210 Å². The van der Waals surface area contributed by atoms with Crippen LogP contribution in [0.25, 0.3) is 21.9 Å². The van der Waals surface area contributed by atoms with Crippen molar-refractivity contribution in [2.24, 2.45) is 13.0 Å². The lowest BCUT2D eigenvalue weighted by molar-refractivity contribution is 0.0666. The van der Waals surface area contributed by atoms with Gasteiger partial charge in [-0.1, -0.05) is 12.1 Å². The van der Waals surface area contributed by atoms with Crippen LogP contribution in [0.1, 0.15) is 39.4 Å². The fraction of sp³-hybridized carbons (Fsp3) is 0.407. The molecule has 0 atom stereocenters. The number of likely N-dealkylation sites (tertiary alicyclic amines) is 1. The zero-order valence-corrected chi connectivity index (χ0v) is 21.0. The second-order valence-electron chi connectivity index (χ2n) is 9.49. The molecule has 1 saturated heterocycles. The molecule has 0 radical (unpaired) electrons. The van der Waals surface area contributed by atoms with Crippen molar-refractivity contribution in [2.45, 2.75) is 26.3 Å². The Morgan fingerprint density at radius 1 is 1.11 bits per heavy atom. The van der Waals surface area contributed by atoms with E-state index < -0.39 is 0 Å². The number of nitrogens with one attached hydrogen (secondary N) is 1. The van der Waals surface area contributed by atoms with Crippen LogP contribution < -0.4 is 5.32 Å². The number of amides is 2. The summed E-state index contributed by atoms with van der Waals surface area (Å²) in [4.78, 5) is 32.2. The molecule has 36 heavy (non-hydrogen) atoms. The number of para-hydroxylation sites is 2. The van der Waals surface area contributed by atoms with E-state index in [-0.39, 0.29) is 11.8 Å². The van der Waals surface area contributed by atoms with Crippen molar-refractivity contribution in [3.8, 4) is 0 Å². The summed E-state index contributed by atoms with van der Waals surface area (Å²) < 4.78 is 8.88. The fourth-order valence-electron chi connectivity index (χ4n) is 5.04. The van der Waals surface area contributed by atoms with Crippen LogP contribution in [-0.4, -0.2) is 69.4 Å². The molecular formula is C27H32N6O3. The minimum atomic E-state index is -0.100. The van der Waals surface area contributed by atoms with E-state index in [1.165, 1.54) is 0 Å². The van der Waals surface area contributed by atoms with Gasteiger partial charge < -0.3 is 19.5 Å². The largest absolute Gasteiger partial charge is 0.383 e. The number of fused-ring (bicyclic) bond motifs is 2. The van der Waals surface area contributed by atoms with E-state index in [4.69, 9.17) is 9.84 Å². The number of ether oxygens (including phenoxy) is 1. The van der Waals surface area contributed by atoms with Gasteiger partial charge in [0.2, 0.25) is 0 Å². The van der Waals surface area contributed by atoms with Gasteiger partial charge in [0.05, 0.1) is 23.2 Å². The van der Waals surface area contributed by atoms with Crippen LogP contribution in [0.3, 0.4) is 0 Å². The van der Waals surface area contributed by atoms with E-state index in [1.807, 2.05) is 70.7 Å². The molecule has 9 heteroatoms. The number of aromatic nitrogens is 4. The average molecular weight is 489 g/mol. The molecule has 0 bridgehead atoms. The first kappa shape index (κ1) is 24.0. The van der Waals surface area contributed by atoms with E-state index in [1.54, 1.807) is 7.11 Å². The van der Waals surface area contributed by atoms with Crippen molar-refractivity contribution >= 4 is 33.8 Å². The molecule has 1 aliphatic rings. The standard InChI is InChI=1S/C27H32N6O3/c1-18-20(26(34)28-12-15-36-3)8-9-22-21(18)17-33(30-22)16-19-10-13-32(14-11-19)27(35)25-29-23-6-4-5-7-24(23)31(25)2/h4-9,17,19H,10-16H2,1-3H3,(H,28,34). The Kier molecular flexibility index (Phi) is 6.73. The van der Waals surface area contributed by atoms with Gasteiger partial charge >= 0.3 is 0 Å². The molecule has 9 nitrogen and oxygen atoms in total. The van der Waals surface area contributed by atoms with Crippen LogP contribution in [0, 0.1) is 12.8 Å². The number of benzene rings is 2.